The predicted octanol–water partition coefficient (Wildman–Crippen LogP) is 3.17. The Morgan fingerprint density at radius 1 is 0.596 bits per heavy atom. The van der Waals surface area contributed by atoms with Crippen LogP contribution < -0.4 is 16.0 Å². The van der Waals surface area contributed by atoms with Crippen molar-refractivity contribution in [2.75, 3.05) is 19.9 Å². The van der Waals surface area contributed by atoms with Gasteiger partial charge in [-0.2, -0.15) is 0 Å². The highest BCUT2D eigenvalue weighted by atomic mass is 16.6. The molecular weight excluding hydrogens is 606 g/mol. The fourth-order valence-electron chi connectivity index (χ4n) is 4.19. The van der Waals surface area contributed by atoms with Crippen molar-refractivity contribution in [3.63, 3.8) is 0 Å². The number of hydrogen-bond acceptors (Lipinski definition) is 9. The standard InChI is InChI=1S/C35H39N3O9/c39-29(21-36-35(44)47-23-28-14-8-3-9-15-28)16-18-33(42)38-30(20-26-10-4-1-5-11-26)31(40)17-19-32(41)37-25-45-24-34(43)46-22-27-12-6-2-7-13-27/h1-15,30H,16-25H2,(H,36,44)(H,37,41)(H,38,42)/t30-/m0/s1. The van der Waals surface area contributed by atoms with Crippen molar-refractivity contribution in [1.29, 1.82) is 0 Å². The summed E-state index contributed by atoms with van der Waals surface area (Å²) in [5.74, 6) is -2.32. The molecule has 0 bridgehead atoms. The minimum Gasteiger partial charge on any atom is -0.459 e. The average molecular weight is 646 g/mol. The molecule has 0 saturated heterocycles. The van der Waals surface area contributed by atoms with E-state index < -0.39 is 29.9 Å². The summed E-state index contributed by atoms with van der Waals surface area (Å²) in [5, 5.41) is 7.52. The normalized spacial score (nSPS) is 11.1. The van der Waals surface area contributed by atoms with Gasteiger partial charge in [0.05, 0.1) is 12.6 Å². The smallest absolute Gasteiger partial charge is 0.407 e. The molecule has 0 aliphatic rings. The first-order valence-corrected chi connectivity index (χ1v) is 15.1. The SMILES string of the molecule is O=C(CCC(=O)N[C@@H](Cc1ccccc1)C(=O)CCC(=O)NCOCC(=O)OCc1ccccc1)CNC(=O)OCc1ccccc1. The van der Waals surface area contributed by atoms with Crippen LogP contribution in [0, 0.1) is 0 Å². The first-order chi connectivity index (χ1) is 22.8. The Balaban J connectivity index is 1.35. The molecule has 12 nitrogen and oxygen atoms in total. The Morgan fingerprint density at radius 2 is 1.15 bits per heavy atom. The van der Waals surface area contributed by atoms with Gasteiger partial charge in [0.1, 0.15) is 26.6 Å². The Bertz CT molecular complexity index is 1450. The van der Waals surface area contributed by atoms with Gasteiger partial charge < -0.3 is 30.2 Å². The fourth-order valence-corrected chi connectivity index (χ4v) is 4.19. The Kier molecular flexibility index (Phi) is 15.8. The molecule has 0 heterocycles. The summed E-state index contributed by atoms with van der Waals surface area (Å²) >= 11 is 0. The average Bonchev–Trinajstić information content (AvgIpc) is 3.09. The molecular formula is C35H39N3O9. The van der Waals surface area contributed by atoms with Crippen LogP contribution in [0.3, 0.4) is 0 Å². The van der Waals surface area contributed by atoms with Crippen LogP contribution in [-0.4, -0.2) is 61.4 Å². The van der Waals surface area contributed by atoms with E-state index in [2.05, 4.69) is 16.0 Å². The van der Waals surface area contributed by atoms with Gasteiger partial charge in [-0.15, -0.1) is 0 Å². The molecule has 0 unspecified atom stereocenters. The number of nitrogens with one attached hydrogen (secondary N) is 3. The zero-order chi connectivity index (χ0) is 33.7. The van der Waals surface area contributed by atoms with Crippen LogP contribution in [-0.2, 0) is 57.8 Å². The molecule has 1 atom stereocenters. The van der Waals surface area contributed by atoms with Crippen molar-refractivity contribution in [2.45, 2.75) is 51.4 Å². The van der Waals surface area contributed by atoms with Crippen molar-refractivity contribution in [3.8, 4) is 0 Å². The largest absolute Gasteiger partial charge is 0.459 e. The highest BCUT2D eigenvalue weighted by molar-refractivity contribution is 5.93. The topological polar surface area (TPSA) is 166 Å². The van der Waals surface area contributed by atoms with E-state index in [0.29, 0.717) is 0 Å². The molecule has 3 amide bonds. The maximum absolute atomic E-state index is 13.1. The Labute approximate surface area is 273 Å². The van der Waals surface area contributed by atoms with E-state index in [1.807, 2.05) is 66.7 Å². The number of benzene rings is 3. The summed E-state index contributed by atoms with van der Waals surface area (Å²) in [5.41, 5.74) is 2.44. The first kappa shape index (κ1) is 36.1. The van der Waals surface area contributed by atoms with Crippen LogP contribution in [0.4, 0.5) is 4.79 Å². The number of ketones is 2. The van der Waals surface area contributed by atoms with Gasteiger partial charge >= 0.3 is 12.1 Å². The van der Waals surface area contributed by atoms with Crippen molar-refractivity contribution in [3.05, 3.63) is 108 Å². The lowest BCUT2D eigenvalue weighted by Gasteiger charge is -2.18. The van der Waals surface area contributed by atoms with E-state index in [9.17, 15) is 28.8 Å². The zero-order valence-corrected chi connectivity index (χ0v) is 26.0. The highest BCUT2D eigenvalue weighted by Gasteiger charge is 2.22. The van der Waals surface area contributed by atoms with Crippen LogP contribution in [0.15, 0.2) is 91.0 Å². The number of ether oxygens (including phenoxy) is 3. The van der Waals surface area contributed by atoms with Crippen LogP contribution in [0.25, 0.3) is 0 Å². The maximum Gasteiger partial charge on any atom is 0.407 e. The minimum atomic E-state index is -0.922. The van der Waals surface area contributed by atoms with Crippen molar-refractivity contribution < 1.29 is 43.0 Å². The lowest BCUT2D eigenvalue weighted by molar-refractivity contribution is -0.151. The number of hydrogen-bond donors (Lipinski definition) is 3. The molecule has 3 aromatic rings. The molecule has 0 saturated carbocycles. The van der Waals surface area contributed by atoms with Crippen LogP contribution >= 0.6 is 0 Å². The summed E-state index contributed by atoms with van der Waals surface area (Å²) in [7, 11) is 0. The maximum atomic E-state index is 13.1. The third-order valence-electron chi connectivity index (χ3n) is 6.71. The van der Waals surface area contributed by atoms with Crippen LogP contribution in [0.5, 0.6) is 0 Å². The summed E-state index contributed by atoms with van der Waals surface area (Å²) in [6, 6.07) is 26.4. The molecule has 248 valence electrons. The molecule has 47 heavy (non-hydrogen) atoms. The molecule has 3 aromatic carbocycles. The number of esters is 1. The number of carbonyl (C=O) groups excluding carboxylic acids is 6. The third kappa shape index (κ3) is 15.5. The van der Waals surface area contributed by atoms with Gasteiger partial charge in [-0.1, -0.05) is 91.0 Å². The van der Waals surface area contributed by atoms with E-state index in [-0.39, 0.29) is 76.8 Å². The van der Waals surface area contributed by atoms with Gasteiger partial charge in [-0.25, -0.2) is 9.59 Å². The summed E-state index contributed by atoms with van der Waals surface area (Å²) in [4.78, 5) is 74.0. The van der Waals surface area contributed by atoms with Gasteiger partial charge in [-0.05, 0) is 23.1 Å². The second kappa shape index (κ2) is 20.6. The quantitative estimate of drug-likeness (QED) is 0.0950. The van der Waals surface area contributed by atoms with Gasteiger partial charge in [0.2, 0.25) is 11.8 Å². The van der Waals surface area contributed by atoms with Gasteiger partial charge in [0, 0.05) is 25.7 Å². The second-order valence-electron chi connectivity index (χ2n) is 10.5. The third-order valence-corrected chi connectivity index (χ3v) is 6.71. The fraction of sp³-hybridized carbons (Fsp3) is 0.314. The molecule has 3 N–H and O–H groups in total. The zero-order valence-electron chi connectivity index (χ0n) is 26.0. The monoisotopic (exact) mass is 645 g/mol. The number of rotatable bonds is 20. The van der Waals surface area contributed by atoms with E-state index in [0.717, 1.165) is 16.7 Å². The number of alkyl carbamates (subject to hydrolysis) is 1. The van der Waals surface area contributed by atoms with E-state index in [1.54, 1.807) is 24.3 Å². The van der Waals surface area contributed by atoms with Crippen LogP contribution in [0.1, 0.15) is 42.4 Å². The van der Waals surface area contributed by atoms with Crippen molar-refractivity contribution >= 4 is 35.4 Å². The van der Waals surface area contributed by atoms with E-state index in [1.165, 1.54) is 0 Å². The molecule has 12 heteroatoms. The number of amides is 3. The molecule has 0 aromatic heterocycles. The van der Waals surface area contributed by atoms with Gasteiger partial charge in [0.15, 0.2) is 11.6 Å². The second-order valence-corrected chi connectivity index (χ2v) is 10.5. The van der Waals surface area contributed by atoms with E-state index >= 15 is 0 Å². The highest BCUT2D eigenvalue weighted by Crippen LogP contribution is 2.08. The van der Waals surface area contributed by atoms with Crippen LogP contribution in [0.2, 0.25) is 0 Å². The lowest BCUT2D eigenvalue weighted by Crippen LogP contribution is -2.43. The molecule has 0 fully saturated rings. The Morgan fingerprint density at radius 3 is 1.77 bits per heavy atom. The van der Waals surface area contributed by atoms with Gasteiger partial charge in [0.25, 0.3) is 0 Å². The number of Topliss-reactive ketones (excluding diaryl/α,β-unsaturated/α-hetero) is 2. The molecule has 0 spiro atoms. The number of carbonyl (C=O) groups is 6. The molecule has 3 rings (SSSR count). The molecule has 0 aliphatic heterocycles. The van der Waals surface area contributed by atoms with Crippen molar-refractivity contribution in [1.82, 2.24) is 16.0 Å². The van der Waals surface area contributed by atoms with E-state index in [4.69, 9.17) is 14.2 Å². The summed E-state index contributed by atoms with van der Waals surface area (Å²) in [6.45, 7) is -0.736. The molecule has 0 aliphatic carbocycles. The first-order valence-electron chi connectivity index (χ1n) is 15.1. The summed E-state index contributed by atoms with van der Waals surface area (Å²) < 4.78 is 15.3. The summed E-state index contributed by atoms with van der Waals surface area (Å²) in [6.07, 6.45) is -1.21. The lowest BCUT2D eigenvalue weighted by atomic mass is 9.99. The minimum absolute atomic E-state index is 0.0571. The van der Waals surface area contributed by atoms with Crippen molar-refractivity contribution in [2.24, 2.45) is 0 Å². The Hall–Kier alpha value is -5.36. The van der Waals surface area contributed by atoms with Gasteiger partial charge in [-0.3, -0.25) is 19.2 Å². The predicted molar refractivity (Wildman–Crippen MR) is 170 cm³/mol. The molecule has 0 radical (unpaired) electrons.